The zero-order valence-electron chi connectivity index (χ0n) is 11.2. The lowest BCUT2D eigenvalue weighted by atomic mass is 10.1. The van der Waals surface area contributed by atoms with Gasteiger partial charge >= 0.3 is 0 Å². The van der Waals surface area contributed by atoms with Crippen LogP contribution in [0.15, 0.2) is 46.9 Å². The first kappa shape index (κ1) is 12.4. The highest BCUT2D eigenvalue weighted by molar-refractivity contribution is 5.88. The molecule has 0 aliphatic heterocycles. The molecule has 0 bridgehead atoms. The summed E-state index contributed by atoms with van der Waals surface area (Å²) in [6.07, 6.45) is 0. The first-order valence-electron chi connectivity index (χ1n) is 6.17. The fourth-order valence-corrected chi connectivity index (χ4v) is 2.22. The van der Waals surface area contributed by atoms with E-state index in [0.29, 0.717) is 28.4 Å². The van der Waals surface area contributed by atoms with Gasteiger partial charge in [-0.2, -0.15) is 0 Å². The number of phenols is 1. The Morgan fingerprint density at radius 3 is 2.40 bits per heavy atom. The van der Waals surface area contributed by atoms with Crippen LogP contribution in [0, 0.1) is 0 Å². The Hall–Kier alpha value is -2.62. The Morgan fingerprint density at radius 1 is 0.950 bits per heavy atom. The minimum Gasteiger partial charge on any atom is -0.504 e. The molecule has 0 atom stereocenters. The van der Waals surface area contributed by atoms with E-state index in [1.165, 1.54) is 7.11 Å². The number of phenolic OH excluding ortho intramolecular Hbond substituents is 1. The van der Waals surface area contributed by atoms with Crippen LogP contribution < -0.4 is 9.47 Å². The summed E-state index contributed by atoms with van der Waals surface area (Å²) in [5.41, 5.74) is 1.25. The number of hydrogen-bond acceptors (Lipinski definition) is 4. The lowest BCUT2D eigenvalue weighted by molar-refractivity contribution is 0.373. The summed E-state index contributed by atoms with van der Waals surface area (Å²) in [5.74, 6) is 1.71. The number of para-hydroxylation sites is 2. The molecular formula is C16H14O4. The normalized spacial score (nSPS) is 10.7. The number of benzene rings is 2. The number of methoxy groups -OCH3 is 2. The zero-order valence-corrected chi connectivity index (χ0v) is 11.2. The largest absolute Gasteiger partial charge is 0.504 e. The van der Waals surface area contributed by atoms with E-state index in [-0.39, 0.29) is 5.75 Å². The first-order chi connectivity index (χ1) is 9.74. The van der Waals surface area contributed by atoms with Gasteiger partial charge in [0.15, 0.2) is 22.8 Å². The molecule has 2 aromatic carbocycles. The summed E-state index contributed by atoms with van der Waals surface area (Å²) in [6.45, 7) is 0. The summed E-state index contributed by atoms with van der Waals surface area (Å²) >= 11 is 0. The van der Waals surface area contributed by atoms with E-state index in [9.17, 15) is 5.11 Å². The van der Waals surface area contributed by atoms with Crippen molar-refractivity contribution in [2.45, 2.75) is 0 Å². The standard InChI is InChI=1S/C16H14O4/c1-18-12-7-4-6-11(15(12)17)14-9-10-5-3-8-13(19-2)16(10)20-14/h3-9,17H,1-2H3. The Morgan fingerprint density at radius 2 is 1.65 bits per heavy atom. The van der Waals surface area contributed by atoms with Crippen molar-refractivity contribution < 1.29 is 19.0 Å². The van der Waals surface area contributed by atoms with Gasteiger partial charge < -0.3 is 19.0 Å². The molecule has 0 radical (unpaired) electrons. The molecule has 0 aliphatic carbocycles. The van der Waals surface area contributed by atoms with Crippen LogP contribution in [0.4, 0.5) is 0 Å². The predicted octanol–water partition coefficient (Wildman–Crippen LogP) is 3.82. The molecule has 1 N–H and O–H groups in total. The van der Waals surface area contributed by atoms with Crippen molar-refractivity contribution in [1.82, 2.24) is 0 Å². The van der Waals surface area contributed by atoms with Crippen LogP contribution in [0.25, 0.3) is 22.3 Å². The minimum absolute atomic E-state index is 0.0630. The molecule has 0 aliphatic rings. The van der Waals surface area contributed by atoms with Crippen molar-refractivity contribution in [3.05, 3.63) is 42.5 Å². The first-order valence-corrected chi connectivity index (χ1v) is 6.17. The van der Waals surface area contributed by atoms with Crippen LogP contribution in [0.3, 0.4) is 0 Å². The van der Waals surface area contributed by atoms with Crippen LogP contribution in [0.5, 0.6) is 17.2 Å². The summed E-state index contributed by atoms with van der Waals surface area (Å²) in [5, 5.41) is 11.1. The minimum atomic E-state index is 0.0630. The topological polar surface area (TPSA) is 51.8 Å². The highest BCUT2D eigenvalue weighted by atomic mass is 16.5. The lowest BCUT2D eigenvalue weighted by Crippen LogP contribution is -1.85. The Balaban J connectivity index is 2.20. The van der Waals surface area contributed by atoms with Gasteiger partial charge in [-0.15, -0.1) is 0 Å². The zero-order chi connectivity index (χ0) is 14.1. The SMILES string of the molecule is COc1cccc(-c2cc3cccc(OC)c3o2)c1O. The molecule has 4 heteroatoms. The van der Waals surface area contributed by atoms with E-state index in [1.807, 2.05) is 24.3 Å². The van der Waals surface area contributed by atoms with Crippen LogP contribution in [0.1, 0.15) is 0 Å². The molecule has 3 rings (SSSR count). The number of rotatable bonds is 3. The van der Waals surface area contributed by atoms with Gasteiger partial charge in [0.2, 0.25) is 0 Å². The number of furan rings is 1. The molecule has 4 nitrogen and oxygen atoms in total. The van der Waals surface area contributed by atoms with Crippen molar-refractivity contribution in [2.75, 3.05) is 14.2 Å². The molecule has 0 spiro atoms. The summed E-state index contributed by atoms with van der Waals surface area (Å²) in [7, 11) is 3.11. The Labute approximate surface area is 116 Å². The molecule has 1 aromatic heterocycles. The number of ether oxygens (including phenoxy) is 2. The second-order valence-corrected chi connectivity index (χ2v) is 4.35. The van der Waals surface area contributed by atoms with E-state index in [1.54, 1.807) is 25.3 Å². The monoisotopic (exact) mass is 270 g/mol. The van der Waals surface area contributed by atoms with Crippen molar-refractivity contribution in [2.24, 2.45) is 0 Å². The average Bonchev–Trinajstić information content (AvgIpc) is 2.91. The van der Waals surface area contributed by atoms with Gasteiger partial charge in [0.05, 0.1) is 19.8 Å². The number of hydrogen-bond donors (Lipinski definition) is 1. The third-order valence-corrected chi connectivity index (χ3v) is 3.21. The number of aromatic hydroxyl groups is 1. The third kappa shape index (κ3) is 1.86. The van der Waals surface area contributed by atoms with Crippen molar-refractivity contribution >= 4 is 11.0 Å². The fourth-order valence-electron chi connectivity index (χ4n) is 2.22. The van der Waals surface area contributed by atoms with Gasteiger partial charge in [-0.1, -0.05) is 18.2 Å². The molecule has 1 heterocycles. The molecule has 0 fully saturated rings. The van der Waals surface area contributed by atoms with Gasteiger partial charge in [0.25, 0.3) is 0 Å². The summed E-state index contributed by atoms with van der Waals surface area (Å²) in [6, 6.07) is 12.8. The molecule has 3 aromatic rings. The van der Waals surface area contributed by atoms with Crippen molar-refractivity contribution in [3.8, 4) is 28.6 Å². The average molecular weight is 270 g/mol. The Kier molecular flexibility index (Phi) is 2.99. The van der Waals surface area contributed by atoms with Gasteiger partial charge in [0, 0.05) is 5.39 Å². The highest BCUT2D eigenvalue weighted by Crippen LogP contribution is 2.40. The lowest BCUT2D eigenvalue weighted by Gasteiger charge is -2.06. The van der Waals surface area contributed by atoms with Gasteiger partial charge in [-0.05, 0) is 24.3 Å². The van der Waals surface area contributed by atoms with E-state index in [2.05, 4.69) is 0 Å². The molecule has 0 saturated heterocycles. The molecule has 102 valence electrons. The van der Waals surface area contributed by atoms with E-state index in [4.69, 9.17) is 13.9 Å². The molecule has 0 saturated carbocycles. The van der Waals surface area contributed by atoms with Crippen LogP contribution in [0.2, 0.25) is 0 Å². The van der Waals surface area contributed by atoms with E-state index >= 15 is 0 Å². The maximum absolute atomic E-state index is 10.2. The Bertz CT molecular complexity index is 758. The maximum atomic E-state index is 10.2. The highest BCUT2D eigenvalue weighted by Gasteiger charge is 2.15. The second-order valence-electron chi connectivity index (χ2n) is 4.35. The quantitative estimate of drug-likeness (QED) is 0.786. The number of fused-ring (bicyclic) bond motifs is 1. The predicted molar refractivity (Wildman–Crippen MR) is 76.4 cm³/mol. The smallest absolute Gasteiger partial charge is 0.176 e. The second kappa shape index (κ2) is 4.81. The molecule has 0 amide bonds. The van der Waals surface area contributed by atoms with Crippen molar-refractivity contribution in [3.63, 3.8) is 0 Å². The summed E-state index contributed by atoms with van der Waals surface area (Å²) < 4.78 is 16.2. The van der Waals surface area contributed by atoms with Gasteiger partial charge in [0.1, 0.15) is 5.76 Å². The molecular weight excluding hydrogens is 256 g/mol. The van der Waals surface area contributed by atoms with Gasteiger partial charge in [-0.25, -0.2) is 0 Å². The van der Waals surface area contributed by atoms with Gasteiger partial charge in [-0.3, -0.25) is 0 Å². The van der Waals surface area contributed by atoms with Crippen molar-refractivity contribution in [1.29, 1.82) is 0 Å². The van der Waals surface area contributed by atoms with E-state index < -0.39 is 0 Å². The molecule has 20 heavy (non-hydrogen) atoms. The van der Waals surface area contributed by atoms with Crippen LogP contribution >= 0.6 is 0 Å². The van der Waals surface area contributed by atoms with Crippen LogP contribution in [-0.4, -0.2) is 19.3 Å². The maximum Gasteiger partial charge on any atom is 0.176 e. The summed E-state index contributed by atoms with van der Waals surface area (Å²) in [4.78, 5) is 0. The van der Waals surface area contributed by atoms with Crippen LogP contribution in [-0.2, 0) is 0 Å². The molecule has 0 unspecified atom stereocenters. The van der Waals surface area contributed by atoms with E-state index in [0.717, 1.165) is 5.39 Å². The fraction of sp³-hybridized carbons (Fsp3) is 0.125. The third-order valence-electron chi connectivity index (χ3n) is 3.21.